The molecule has 0 spiro atoms. The molecule has 0 aliphatic carbocycles. The van der Waals surface area contributed by atoms with Crippen molar-refractivity contribution in [3.8, 4) is 0 Å². The minimum Gasteiger partial charge on any atom is -0.388 e. The van der Waals surface area contributed by atoms with E-state index in [0.717, 1.165) is 6.07 Å². The second kappa shape index (κ2) is 6.54. The van der Waals surface area contributed by atoms with Crippen LogP contribution >= 0.6 is 0 Å². The smallest absolute Gasteiger partial charge is 0.279 e. The first kappa shape index (κ1) is 15.0. The fraction of sp³-hybridized carbons (Fsp3) is 0.400. The van der Waals surface area contributed by atoms with Crippen LogP contribution in [0.1, 0.15) is 11.1 Å². The Morgan fingerprint density at radius 2 is 1.53 bits per heavy atom. The van der Waals surface area contributed by atoms with Gasteiger partial charge in [-0.2, -0.15) is 0 Å². The lowest BCUT2D eigenvalue weighted by molar-refractivity contribution is -0.394. The molecule has 0 fully saturated rings. The highest BCUT2D eigenvalue weighted by Gasteiger charge is 2.18. The zero-order valence-corrected chi connectivity index (χ0v) is 10.1. The number of nitrogens with zero attached hydrogens (tertiary/aromatic N) is 2. The maximum Gasteiger partial charge on any atom is 0.279 e. The maximum atomic E-state index is 10.5. The molecule has 1 aromatic rings. The molecule has 0 radical (unpaired) electrons. The van der Waals surface area contributed by atoms with Crippen molar-refractivity contribution in [3.63, 3.8) is 0 Å². The molecule has 0 saturated carbocycles. The predicted molar refractivity (Wildman–Crippen MR) is 62.2 cm³/mol. The number of benzene rings is 1. The number of rotatable bonds is 2. The first-order valence-electron chi connectivity index (χ1n) is 4.65. The Labute approximate surface area is 98.3 Å². The van der Waals surface area contributed by atoms with Gasteiger partial charge < -0.3 is 4.74 Å². The summed E-state index contributed by atoms with van der Waals surface area (Å²) in [5.41, 5.74) is 0.544. The Bertz CT molecular complexity index is 431. The molecule has 17 heavy (non-hydrogen) atoms. The first-order valence-corrected chi connectivity index (χ1v) is 4.65. The maximum absolute atomic E-state index is 10.5. The number of hydrogen-bond acceptors (Lipinski definition) is 5. The van der Waals surface area contributed by atoms with Gasteiger partial charge in [0.15, 0.2) is 0 Å². The van der Waals surface area contributed by atoms with Crippen LogP contribution in [0.5, 0.6) is 0 Å². The molecular weight excluding hydrogens is 228 g/mol. The Kier molecular flexibility index (Phi) is 5.76. The summed E-state index contributed by atoms with van der Waals surface area (Å²) >= 11 is 0. The van der Waals surface area contributed by atoms with Gasteiger partial charge in [-0.3, -0.25) is 20.2 Å². The van der Waals surface area contributed by atoms with E-state index in [2.05, 4.69) is 4.74 Å². The summed E-state index contributed by atoms with van der Waals surface area (Å²) in [6.45, 7) is 3.17. The van der Waals surface area contributed by atoms with Crippen LogP contribution in [0, 0.1) is 34.1 Å². The lowest BCUT2D eigenvalue weighted by Gasteiger charge is -2.00. The van der Waals surface area contributed by atoms with Gasteiger partial charge >= 0.3 is 0 Å². The lowest BCUT2D eigenvalue weighted by atomic mass is 10.1. The third-order valence-electron chi connectivity index (χ3n) is 2.03. The van der Waals surface area contributed by atoms with Crippen molar-refractivity contribution in [1.82, 2.24) is 0 Å². The average Bonchev–Trinajstić information content (AvgIpc) is 2.22. The van der Waals surface area contributed by atoms with Crippen LogP contribution < -0.4 is 0 Å². The molecule has 0 N–H and O–H groups in total. The van der Waals surface area contributed by atoms with Gasteiger partial charge in [0.2, 0.25) is 0 Å². The fourth-order valence-electron chi connectivity index (χ4n) is 1.12. The van der Waals surface area contributed by atoms with Gasteiger partial charge in [0.25, 0.3) is 11.4 Å². The van der Waals surface area contributed by atoms with Crippen LogP contribution in [0.3, 0.4) is 0 Å². The van der Waals surface area contributed by atoms with Gasteiger partial charge in [0.05, 0.1) is 15.9 Å². The van der Waals surface area contributed by atoms with E-state index in [1.807, 2.05) is 0 Å². The van der Waals surface area contributed by atoms with Crippen LogP contribution in [-0.2, 0) is 4.74 Å². The second-order valence-corrected chi connectivity index (χ2v) is 3.33. The van der Waals surface area contributed by atoms with Gasteiger partial charge in [-0.1, -0.05) is 0 Å². The predicted octanol–water partition coefficient (Wildman–Crippen LogP) is 2.38. The van der Waals surface area contributed by atoms with Gasteiger partial charge in [0, 0.05) is 25.8 Å². The van der Waals surface area contributed by atoms with E-state index in [0.29, 0.717) is 11.1 Å². The normalized spacial score (nSPS) is 9.18. The molecule has 0 saturated heterocycles. The zero-order chi connectivity index (χ0) is 13.6. The Morgan fingerprint density at radius 3 is 1.88 bits per heavy atom. The highest BCUT2D eigenvalue weighted by Crippen LogP contribution is 2.26. The molecule has 0 aliphatic rings. The van der Waals surface area contributed by atoms with Gasteiger partial charge in [-0.05, 0) is 19.4 Å². The molecule has 94 valence electrons. The molecule has 0 bridgehead atoms. The molecule has 1 rings (SSSR count). The highest BCUT2D eigenvalue weighted by atomic mass is 16.6. The molecule has 0 heterocycles. The Morgan fingerprint density at radius 1 is 1.06 bits per heavy atom. The standard InChI is InChI=1S/C8H8N2O4.C2H6O/c1-5-3-7(9(11)12)4-8(6(5)2)10(13)14;1-3-2/h3-4H,1-2H3;1-2H3. The zero-order valence-electron chi connectivity index (χ0n) is 10.1. The number of methoxy groups -OCH3 is 1. The topological polar surface area (TPSA) is 95.5 Å². The molecule has 0 atom stereocenters. The summed E-state index contributed by atoms with van der Waals surface area (Å²) in [6.07, 6.45) is 0. The largest absolute Gasteiger partial charge is 0.388 e. The van der Waals surface area contributed by atoms with Gasteiger partial charge in [-0.25, -0.2) is 0 Å². The monoisotopic (exact) mass is 242 g/mol. The third kappa shape index (κ3) is 4.15. The molecule has 7 heteroatoms. The quantitative estimate of drug-likeness (QED) is 0.586. The van der Waals surface area contributed by atoms with Gasteiger partial charge in [-0.15, -0.1) is 0 Å². The van der Waals surface area contributed by atoms with Crippen molar-refractivity contribution in [2.75, 3.05) is 14.2 Å². The van der Waals surface area contributed by atoms with Crippen molar-refractivity contribution in [1.29, 1.82) is 0 Å². The summed E-state index contributed by atoms with van der Waals surface area (Å²) in [5, 5.41) is 21.0. The molecule has 1 aromatic carbocycles. The molecule has 0 unspecified atom stereocenters. The van der Waals surface area contributed by atoms with E-state index in [1.54, 1.807) is 28.1 Å². The van der Waals surface area contributed by atoms with E-state index in [9.17, 15) is 20.2 Å². The second-order valence-electron chi connectivity index (χ2n) is 3.33. The highest BCUT2D eigenvalue weighted by molar-refractivity contribution is 5.52. The van der Waals surface area contributed by atoms with E-state index < -0.39 is 9.85 Å². The minimum absolute atomic E-state index is 0.211. The van der Waals surface area contributed by atoms with Crippen LogP contribution in [0.25, 0.3) is 0 Å². The van der Waals surface area contributed by atoms with E-state index in [4.69, 9.17) is 0 Å². The molecule has 0 amide bonds. The van der Waals surface area contributed by atoms with Crippen molar-refractivity contribution in [3.05, 3.63) is 43.5 Å². The van der Waals surface area contributed by atoms with Crippen LogP contribution in [-0.4, -0.2) is 24.1 Å². The number of nitro groups is 2. The van der Waals surface area contributed by atoms with Crippen molar-refractivity contribution in [2.45, 2.75) is 13.8 Å². The van der Waals surface area contributed by atoms with Crippen LogP contribution in [0.15, 0.2) is 12.1 Å². The summed E-state index contributed by atoms with van der Waals surface area (Å²) in [6, 6.07) is 2.30. The van der Waals surface area contributed by atoms with Crippen molar-refractivity contribution >= 4 is 11.4 Å². The minimum atomic E-state index is -0.639. The van der Waals surface area contributed by atoms with E-state index in [1.165, 1.54) is 6.07 Å². The number of hydrogen-bond donors (Lipinski definition) is 0. The van der Waals surface area contributed by atoms with Gasteiger partial charge in [0.1, 0.15) is 0 Å². The van der Waals surface area contributed by atoms with Crippen molar-refractivity contribution in [2.24, 2.45) is 0 Å². The fourth-order valence-corrected chi connectivity index (χ4v) is 1.12. The summed E-state index contributed by atoms with van der Waals surface area (Å²) in [4.78, 5) is 19.7. The van der Waals surface area contributed by atoms with Crippen molar-refractivity contribution < 1.29 is 14.6 Å². The average molecular weight is 242 g/mol. The molecule has 0 aromatic heterocycles. The Hall–Kier alpha value is -2.02. The molecule has 0 aliphatic heterocycles. The summed E-state index contributed by atoms with van der Waals surface area (Å²) in [7, 11) is 3.25. The van der Waals surface area contributed by atoms with Crippen LogP contribution in [0.2, 0.25) is 0 Å². The van der Waals surface area contributed by atoms with E-state index >= 15 is 0 Å². The first-order chi connectivity index (χ1) is 7.84. The molecule has 7 nitrogen and oxygen atoms in total. The lowest BCUT2D eigenvalue weighted by Crippen LogP contribution is -1.97. The van der Waals surface area contributed by atoms with E-state index in [-0.39, 0.29) is 11.4 Å². The van der Waals surface area contributed by atoms with Crippen LogP contribution in [0.4, 0.5) is 11.4 Å². The molecular formula is C10H14N2O5. The summed E-state index contributed by atoms with van der Waals surface area (Å²) < 4.78 is 4.25. The SMILES string of the molecule is COC.Cc1cc([N+](=O)[O-])cc([N+](=O)[O-])c1C. The number of non-ortho nitro benzene ring substituents is 1. The Balaban J connectivity index is 0.000000770. The number of nitro benzene ring substituents is 2. The summed E-state index contributed by atoms with van der Waals surface area (Å²) in [5.74, 6) is 0. The number of ether oxygens (including phenoxy) is 1. The third-order valence-corrected chi connectivity index (χ3v) is 2.03. The number of aryl methyl sites for hydroxylation is 1.